The molecule has 2 unspecified atom stereocenters. The van der Waals surface area contributed by atoms with E-state index in [0.29, 0.717) is 25.9 Å². The Kier molecular flexibility index (Phi) is 5.35. The Morgan fingerprint density at radius 3 is 2.90 bits per heavy atom. The molecule has 0 aromatic heterocycles. The highest BCUT2D eigenvalue weighted by molar-refractivity contribution is 7.88. The zero-order valence-electron chi connectivity index (χ0n) is 12.2. The van der Waals surface area contributed by atoms with E-state index in [-0.39, 0.29) is 11.7 Å². The van der Waals surface area contributed by atoms with Gasteiger partial charge < -0.3 is 5.11 Å². The Labute approximate surface area is 125 Å². The zero-order valence-corrected chi connectivity index (χ0v) is 13.0. The molecule has 118 valence electrons. The zero-order chi connectivity index (χ0) is 15.5. The van der Waals surface area contributed by atoms with Gasteiger partial charge >= 0.3 is 0 Å². The lowest BCUT2D eigenvalue weighted by atomic mass is 9.91. The molecule has 0 spiro atoms. The van der Waals surface area contributed by atoms with Crippen molar-refractivity contribution in [1.29, 1.82) is 0 Å². The lowest BCUT2D eigenvalue weighted by Crippen LogP contribution is -2.40. The summed E-state index contributed by atoms with van der Waals surface area (Å²) in [7, 11) is -3.16. The Balaban J connectivity index is 1.89. The van der Waals surface area contributed by atoms with E-state index in [4.69, 9.17) is 0 Å². The van der Waals surface area contributed by atoms with Crippen molar-refractivity contribution < 1.29 is 17.9 Å². The highest BCUT2D eigenvalue weighted by atomic mass is 32.2. The first kappa shape index (κ1) is 16.4. The van der Waals surface area contributed by atoms with Gasteiger partial charge in [0.1, 0.15) is 5.82 Å². The molecule has 0 bridgehead atoms. The van der Waals surface area contributed by atoms with Gasteiger partial charge in [0, 0.05) is 13.1 Å². The molecule has 21 heavy (non-hydrogen) atoms. The standard InChI is InChI=1S/C15H22FNO3S/c1-21(19,20)17-7-3-5-13(11-17)10-15(18)9-12-4-2-6-14(16)8-12/h2,4,6,8,13,15,18H,3,5,7,9-11H2,1H3. The fourth-order valence-electron chi connectivity index (χ4n) is 2.92. The molecule has 4 nitrogen and oxygen atoms in total. The molecular formula is C15H22FNO3S. The van der Waals surface area contributed by atoms with Gasteiger partial charge in [0.2, 0.25) is 10.0 Å². The molecule has 1 N–H and O–H groups in total. The second kappa shape index (κ2) is 6.85. The minimum absolute atomic E-state index is 0.164. The second-order valence-corrected chi connectivity index (χ2v) is 7.84. The first-order valence-corrected chi connectivity index (χ1v) is 9.07. The third kappa shape index (κ3) is 5.05. The van der Waals surface area contributed by atoms with Gasteiger partial charge in [0.15, 0.2) is 0 Å². The number of aliphatic hydroxyl groups is 1. The summed E-state index contributed by atoms with van der Waals surface area (Å²) in [5.41, 5.74) is 0.762. The van der Waals surface area contributed by atoms with Crippen LogP contribution in [0.15, 0.2) is 24.3 Å². The van der Waals surface area contributed by atoms with Crippen LogP contribution in [0.5, 0.6) is 0 Å². The predicted octanol–water partition coefficient (Wildman–Crippen LogP) is 1.79. The molecule has 2 atom stereocenters. The van der Waals surface area contributed by atoms with Crippen LogP contribution in [0, 0.1) is 11.7 Å². The molecule has 0 aliphatic carbocycles. The van der Waals surface area contributed by atoms with Crippen molar-refractivity contribution in [2.45, 2.75) is 31.8 Å². The molecule has 2 rings (SSSR count). The van der Waals surface area contributed by atoms with Gasteiger partial charge in [0.25, 0.3) is 0 Å². The van der Waals surface area contributed by atoms with Crippen LogP contribution in [0.2, 0.25) is 0 Å². The van der Waals surface area contributed by atoms with Crippen molar-refractivity contribution in [1.82, 2.24) is 4.31 Å². The number of halogens is 1. The van der Waals surface area contributed by atoms with Crippen LogP contribution in [0.4, 0.5) is 4.39 Å². The van der Waals surface area contributed by atoms with Crippen LogP contribution < -0.4 is 0 Å². The van der Waals surface area contributed by atoms with E-state index in [2.05, 4.69) is 0 Å². The number of hydrogen-bond acceptors (Lipinski definition) is 3. The third-order valence-electron chi connectivity index (χ3n) is 3.92. The van der Waals surface area contributed by atoms with Gasteiger partial charge in [-0.3, -0.25) is 0 Å². The van der Waals surface area contributed by atoms with E-state index in [1.165, 1.54) is 22.7 Å². The lowest BCUT2D eigenvalue weighted by Gasteiger charge is -2.32. The van der Waals surface area contributed by atoms with Crippen LogP contribution in [0.1, 0.15) is 24.8 Å². The van der Waals surface area contributed by atoms with Gasteiger partial charge in [0.05, 0.1) is 12.4 Å². The number of rotatable bonds is 5. The maximum absolute atomic E-state index is 13.1. The molecule has 6 heteroatoms. The SMILES string of the molecule is CS(=O)(=O)N1CCCC(CC(O)Cc2cccc(F)c2)C1. The first-order valence-electron chi connectivity index (χ1n) is 7.22. The molecule has 1 saturated heterocycles. The van der Waals surface area contributed by atoms with Crippen molar-refractivity contribution in [3.8, 4) is 0 Å². The van der Waals surface area contributed by atoms with Crippen molar-refractivity contribution in [3.05, 3.63) is 35.6 Å². The van der Waals surface area contributed by atoms with E-state index in [1.54, 1.807) is 12.1 Å². The van der Waals surface area contributed by atoms with Gasteiger partial charge in [-0.05, 0) is 49.3 Å². The van der Waals surface area contributed by atoms with Gasteiger partial charge in [-0.2, -0.15) is 0 Å². The lowest BCUT2D eigenvalue weighted by molar-refractivity contribution is 0.122. The van der Waals surface area contributed by atoms with Crippen molar-refractivity contribution in [2.75, 3.05) is 19.3 Å². The third-order valence-corrected chi connectivity index (χ3v) is 5.19. The minimum atomic E-state index is -3.16. The fourth-order valence-corrected chi connectivity index (χ4v) is 3.87. The summed E-state index contributed by atoms with van der Waals surface area (Å²) in [6.45, 7) is 1.04. The molecule has 1 aliphatic rings. The van der Waals surface area contributed by atoms with E-state index < -0.39 is 16.1 Å². The monoisotopic (exact) mass is 315 g/mol. The summed E-state index contributed by atoms with van der Waals surface area (Å²) in [5.74, 6) is -0.141. The van der Waals surface area contributed by atoms with Crippen LogP contribution in [0.3, 0.4) is 0 Å². The van der Waals surface area contributed by atoms with E-state index in [9.17, 15) is 17.9 Å². The minimum Gasteiger partial charge on any atom is -0.393 e. The normalized spacial score (nSPS) is 22.1. The van der Waals surface area contributed by atoms with Gasteiger partial charge in [-0.25, -0.2) is 17.1 Å². The number of aliphatic hydroxyl groups excluding tert-OH is 1. The van der Waals surface area contributed by atoms with Gasteiger partial charge in [-0.15, -0.1) is 0 Å². The highest BCUT2D eigenvalue weighted by Gasteiger charge is 2.27. The Morgan fingerprint density at radius 2 is 2.24 bits per heavy atom. The average molecular weight is 315 g/mol. The smallest absolute Gasteiger partial charge is 0.211 e. The quantitative estimate of drug-likeness (QED) is 0.901. The van der Waals surface area contributed by atoms with E-state index in [0.717, 1.165) is 18.4 Å². The topological polar surface area (TPSA) is 57.6 Å². The van der Waals surface area contributed by atoms with Crippen LogP contribution >= 0.6 is 0 Å². The van der Waals surface area contributed by atoms with Crippen molar-refractivity contribution >= 4 is 10.0 Å². The van der Waals surface area contributed by atoms with Crippen LogP contribution in [0.25, 0.3) is 0 Å². The Bertz CT molecular complexity index is 576. The number of benzene rings is 1. The van der Waals surface area contributed by atoms with Crippen molar-refractivity contribution in [2.24, 2.45) is 5.92 Å². The van der Waals surface area contributed by atoms with Gasteiger partial charge in [-0.1, -0.05) is 12.1 Å². The molecule has 1 aromatic carbocycles. The molecule has 0 amide bonds. The summed E-state index contributed by atoms with van der Waals surface area (Å²) in [6.07, 6.45) is 3.33. The summed E-state index contributed by atoms with van der Waals surface area (Å²) in [4.78, 5) is 0. The summed E-state index contributed by atoms with van der Waals surface area (Å²) in [6, 6.07) is 6.22. The molecule has 0 saturated carbocycles. The fraction of sp³-hybridized carbons (Fsp3) is 0.600. The predicted molar refractivity (Wildman–Crippen MR) is 79.9 cm³/mol. The maximum atomic E-state index is 13.1. The van der Waals surface area contributed by atoms with Crippen LogP contribution in [-0.4, -0.2) is 43.3 Å². The molecule has 0 radical (unpaired) electrons. The number of nitrogens with zero attached hydrogens (tertiary/aromatic N) is 1. The largest absolute Gasteiger partial charge is 0.393 e. The molecule has 1 fully saturated rings. The molecule has 1 aromatic rings. The summed E-state index contributed by atoms with van der Waals surface area (Å²) in [5, 5.41) is 10.1. The molecule has 1 heterocycles. The van der Waals surface area contributed by atoms with E-state index in [1.807, 2.05) is 0 Å². The maximum Gasteiger partial charge on any atom is 0.211 e. The molecule has 1 aliphatic heterocycles. The first-order chi connectivity index (χ1) is 9.84. The summed E-state index contributed by atoms with van der Waals surface area (Å²) >= 11 is 0. The molecular weight excluding hydrogens is 293 g/mol. The summed E-state index contributed by atoms with van der Waals surface area (Å²) < 4.78 is 37.7. The average Bonchev–Trinajstić information content (AvgIpc) is 2.37. The number of piperidine rings is 1. The Morgan fingerprint density at radius 1 is 1.48 bits per heavy atom. The number of sulfonamides is 1. The number of hydrogen-bond donors (Lipinski definition) is 1. The Hall–Kier alpha value is -0.980. The highest BCUT2D eigenvalue weighted by Crippen LogP contribution is 2.23. The van der Waals surface area contributed by atoms with Crippen LogP contribution in [-0.2, 0) is 16.4 Å². The second-order valence-electron chi connectivity index (χ2n) is 5.85. The van der Waals surface area contributed by atoms with E-state index >= 15 is 0 Å². The van der Waals surface area contributed by atoms with Crippen molar-refractivity contribution in [3.63, 3.8) is 0 Å².